The zero-order valence-corrected chi connectivity index (χ0v) is 11.6. The van der Waals surface area contributed by atoms with Crippen molar-refractivity contribution in [2.24, 2.45) is 5.14 Å². The summed E-state index contributed by atoms with van der Waals surface area (Å²) >= 11 is 0. The number of ether oxygens (including phenoxy) is 3. The summed E-state index contributed by atoms with van der Waals surface area (Å²) in [7, 11) is -2.95. The Morgan fingerprint density at radius 2 is 2.15 bits per heavy atom. The summed E-state index contributed by atoms with van der Waals surface area (Å²) in [5, 5.41) is 14.2. The molecule has 1 aromatic carbocycles. The lowest BCUT2D eigenvalue weighted by Gasteiger charge is -2.27. The molecule has 1 heterocycles. The number of benzene rings is 1. The molecule has 0 radical (unpaired) electrons. The Labute approximate surface area is 115 Å². The molecule has 0 spiro atoms. The summed E-state index contributed by atoms with van der Waals surface area (Å²) in [5.74, 6) is -1.67. The molecule has 20 heavy (non-hydrogen) atoms. The van der Waals surface area contributed by atoms with Gasteiger partial charge in [-0.1, -0.05) is 0 Å². The van der Waals surface area contributed by atoms with E-state index in [0.29, 0.717) is 0 Å². The largest absolute Gasteiger partial charge is 0.491 e. The molecule has 110 valence electrons. The number of nitrogens with two attached hydrogens (primary N) is 1. The summed E-state index contributed by atoms with van der Waals surface area (Å²) in [5.41, 5.74) is -0.350. The Hall–Kier alpha value is -2.00. The molecule has 1 aliphatic heterocycles. The highest BCUT2D eigenvalue weighted by atomic mass is 32.2. The highest BCUT2D eigenvalue weighted by Gasteiger charge is 2.32. The lowest BCUT2D eigenvalue weighted by Crippen LogP contribution is -2.28. The first kappa shape index (κ1) is 14.4. The second-order valence-corrected chi connectivity index (χ2v) is 5.73. The summed E-state index contributed by atoms with van der Waals surface area (Å²) in [6.45, 7) is 1.83. The van der Waals surface area contributed by atoms with Crippen LogP contribution < -0.4 is 19.3 Å². The van der Waals surface area contributed by atoms with Crippen molar-refractivity contribution in [1.82, 2.24) is 0 Å². The van der Waals surface area contributed by atoms with Gasteiger partial charge in [-0.05, 0) is 13.0 Å². The molecule has 0 amide bonds. The van der Waals surface area contributed by atoms with E-state index >= 15 is 0 Å². The molecular weight excluding hydrogens is 290 g/mol. The summed E-state index contributed by atoms with van der Waals surface area (Å²) < 4.78 is 38.9. The third-order valence-electron chi connectivity index (χ3n) is 2.68. The van der Waals surface area contributed by atoms with Gasteiger partial charge >= 0.3 is 5.97 Å². The lowest BCUT2D eigenvalue weighted by molar-refractivity contribution is 0.0666. The number of aromatic carboxylic acids is 1. The van der Waals surface area contributed by atoms with Crippen LogP contribution in [0.3, 0.4) is 0 Å². The van der Waals surface area contributed by atoms with E-state index in [9.17, 15) is 13.2 Å². The predicted octanol–water partition coefficient (Wildman–Crippen LogP) is 0.201. The number of carbonyl (C=O) groups is 1. The van der Waals surface area contributed by atoms with Crippen molar-refractivity contribution in [1.29, 1.82) is 0 Å². The number of rotatable bonds is 3. The Kier molecular flexibility index (Phi) is 3.48. The topological polar surface area (TPSA) is 125 Å². The van der Waals surface area contributed by atoms with Crippen LogP contribution in [0.5, 0.6) is 17.2 Å². The van der Waals surface area contributed by atoms with Crippen molar-refractivity contribution in [2.75, 3.05) is 13.7 Å². The minimum absolute atomic E-state index is 0.0696. The van der Waals surface area contributed by atoms with Gasteiger partial charge in [-0.25, -0.2) is 18.4 Å². The van der Waals surface area contributed by atoms with Crippen molar-refractivity contribution >= 4 is 16.0 Å². The number of primary sulfonamides is 1. The highest BCUT2D eigenvalue weighted by molar-refractivity contribution is 7.89. The third kappa shape index (κ3) is 2.37. The van der Waals surface area contributed by atoms with Crippen LogP contribution in [0.1, 0.15) is 17.3 Å². The van der Waals surface area contributed by atoms with E-state index in [1.807, 2.05) is 0 Å². The minimum atomic E-state index is -4.18. The molecule has 1 aliphatic rings. The molecule has 2 rings (SSSR count). The summed E-state index contributed by atoms with van der Waals surface area (Å²) in [6.07, 6.45) is -0.381. The molecule has 0 aromatic heterocycles. The molecule has 1 unspecified atom stereocenters. The van der Waals surface area contributed by atoms with E-state index in [2.05, 4.69) is 0 Å². The van der Waals surface area contributed by atoms with Crippen molar-refractivity contribution in [3.05, 3.63) is 11.6 Å². The maximum absolute atomic E-state index is 11.6. The molecule has 1 aromatic rings. The fraction of sp³-hybridized carbons (Fsp3) is 0.364. The maximum atomic E-state index is 11.6. The quantitative estimate of drug-likeness (QED) is 0.817. The molecule has 0 aliphatic carbocycles. The van der Waals surface area contributed by atoms with E-state index < -0.39 is 20.9 Å². The molecule has 0 saturated carbocycles. The third-order valence-corrected chi connectivity index (χ3v) is 3.60. The van der Waals surface area contributed by atoms with Crippen LogP contribution >= 0.6 is 0 Å². The van der Waals surface area contributed by atoms with Gasteiger partial charge < -0.3 is 19.3 Å². The molecule has 0 fully saturated rings. The van der Waals surface area contributed by atoms with E-state index in [4.69, 9.17) is 24.5 Å². The average Bonchev–Trinajstić information content (AvgIpc) is 2.34. The molecule has 8 nitrogen and oxygen atoms in total. The van der Waals surface area contributed by atoms with Crippen molar-refractivity contribution in [3.63, 3.8) is 0 Å². The highest BCUT2D eigenvalue weighted by Crippen LogP contribution is 2.46. The average molecular weight is 303 g/mol. The SMILES string of the molecule is COc1c(S(N)(=O)=O)cc(C(=O)O)c2c1OC(C)CO2. The Morgan fingerprint density at radius 3 is 2.65 bits per heavy atom. The van der Waals surface area contributed by atoms with E-state index in [1.165, 1.54) is 7.11 Å². The van der Waals surface area contributed by atoms with Gasteiger partial charge in [0.15, 0.2) is 11.5 Å². The van der Waals surface area contributed by atoms with Crippen LogP contribution in [-0.4, -0.2) is 39.3 Å². The van der Waals surface area contributed by atoms with Gasteiger partial charge in [-0.2, -0.15) is 0 Å². The van der Waals surface area contributed by atoms with Crippen LogP contribution in [0, 0.1) is 0 Å². The first-order valence-electron chi connectivity index (χ1n) is 5.56. The fourth-order valence-electron chi connectivity index (χ4n) is 1.85. The number of hydrogen-bond donors (Lipinski definition) is 2. The number of sulfonamides is 1. The van der Waals surface area contributed by atoms with Crippen molar-refractivity contribution in [3.8, 4) is 17.2 Å². The molecule has 9 heteroatoms. The van der Waals surface area contributed by atoms with Gasteiger partial charge in [0, 0.05) is 0 Å². The van der Waals surface area contributed by atoms with Gasteiger partial charge in [-0.3, -0.25) is 0 Å². The van der Waals surface area contributed by atoms with E-state index in [0.717, 1.165) is 6.07 Å². The molecule has 1 atom stereocenters. The van der Waals surface area contributed by atoms with Gasteiger partial charge in [0.2, 0.25) is 15.8 Å². The fourth-order valence-corrected chi connectivity index (χ4v) is 2.57. The van der Waals surface area contributed by atoms with E-state index in [1.54, 1.807) is 6.92 Å². The lowest BCUT2D eigenvalue weighted by atomic mass is 10.1. The zero-order chi connectivity index (χ0) is 15.1. The monoisotopic (exact) mass is 303 g/mol. The first-order chi connectivity index (χ1) is 9.25. The van der Waals surface area contributed by atoms with Crippen molar-refractivity contribution in [2.45, 2.75) is 17.9 Å². The smallest absolute Gasteiger partial charge is 0.339 e. The second kappa shape index (κ2) is 4.84. The van der Waals surface area contributed by atoms with Crippen LogP contribution in [0.2, 0.25) is 0 Å². The molecular formula is C11H13NO7S. The van der Waals surface area contributed by atoms with Crippen LogP contribution in [0.15, 0.2) is 11.0 Å². The Morgan fingerprint density at radius 1 is 1.50 bits per heavy atom. The van der Waals surface area contributed by atoms with Gasteiger partial charge in [-0.15, -0.1) is 0 Å². The maximum Gasteiger partial charge on any atom is 0.339 e. The Balaban J connectivity index is 2.83. The number of carboxylic acids is 1. The molecule has 0 saturated heterocycles. The summed E-state index contributed by atoms with van der Waals surface area (Å²) in [6, 6.07) is 0.898. The number of hydrogen-bond acceptors (Lipinski definition) is 6. The number of carboxylic acid groups (broad SMARTS) is 1. The van der Waals surface area contributed by atoms with Crippen LogP contribution in [-0.2, 0) is 10.0 Å². The number of methoxy groups -OCH3 is 1. The molecule has 0 bridgehead atoms. The predicted molar refractivity (Wildman–Crippen MR) is 66.9 cm³/mol. The van der Waals surface area contributed by atoms with Crippen LogP contribution in [0.25, 0.3) is 0 Å². The summed E-state index contributed by atoms with van der Waals surface area (Å²) in [4.78, 5) is 10.8. The number of fused-ring (bicyclic) bond motifs is 1. The van der Waals surface area contributed by atoms with Gasteiger partial charge in [0.05, 0.1) is 7.11 Å². The van der Waals surface area contributed by atoms with E-state index in [-0.39, 0.29) is 35.5 Å². The normalized spacial score (nSPS) is 17.6. The van der Waals surface area contributed by atoms with Gasteiger partial charge in [0.25, 0.3) is 0 Å². The standard InChI is InChI=1S/C11H13NO7S/c1-5-4-18-8-6(11(13)14)3-7(20(12,15)16)9(17-2)10(8)19-5/h3,5H,4H2,1-2H3,(H,13,14)(H2,12,15,16). The Bertz CT molecular complexity index is 668. The van der Waals surface area contributed by atoms with Crippen LogP contribution in [0.4, 0.5) is 0 Å². The zero-order valence-electron chi connectivity index (χ0n) is 10.7. The first-order valence-corrected chi connectivity index (χ1v) is 7.11. The minimum Gasteiger partial charge on any atom is -0.491 e. The molecule has 3 N–H and O–H groups in total. The second-order valence-electron chi connectivity index (χ2n) is 4.20. The van der Waals surface area contributed by atoms with Gasteiger partial charge in [0.1, 0.15) is 23.2 Å². The van der Waals surface area contributed by atoms with Crippen molar-refractivity contribution < 1.29 is 32.5 Å².